The van der Waals surface area contributed by atoms with Crippen LogP contribution in [-0.2, 0) is 27.0 Å². The van der Waals surface area contributed by atoms with Crippen molar-refractivity contribution >= 4 is 21.6 Å². The smallest absolute Gasteiger partial charge is 0.263 e. The number of carbonyl (C=O) groups excluding carboxylic acids is 1. The largest absolute Gasteiger partial charge is 0.476 e. The first-order valence-electron chi connectivity index (χ1n) is 10.9. The molecule has 6 nitrogen and oxygen atoms in total. The fourth-order valence-electron chi connectivity index (χ4n) is 4.03. The van der Waals surface area contributed by atoms with Gasteiger partial charge >= 0.3 is 0 Å². The van der Waals surface area contributed by atoms with Gasteiger partial charge < -0.3 is 10.1 Å². The highest BCUT2D eigenvalue weighted by atomic mass is 32.2. The van der Waals surface area contributed by atoms with Gasteiger partial charge in [0.15, 0.2) is 6.10 Å². The molecule has 1 atom stereocenters. The molecule has 1 aliphatic rings. The molecule has 33 heavy (non-hydrogen) atoms. The number of hydrogen-bond donors (Lipinski definition) is 1. The first-order valence-corrected chi connectivity index (χ1v) is 12.5. The molecule has 0 saturated heterocycles. The normalized spacial score (nSPS) is 15.9. The summed E-state index contributed by atoms with van der Waals surface area (Å²) in [7, 11) is -3.74. The van der Waals surface area contributed by atoms with E-state index in [4.69, 9.17) is 4.74 Å². The van der Waals surface area contributed by atoms with Crippen LogP contribution in [0.25, 0.3) is 0 Å². The van der Waals surface area contributed by atoms with Crippen LogP contribution in [0.3, 0.4) is 0 Å². The highest BCUT2D eigenvalue weighted by Crippen LogP contribution is 2.36. The quantitative estimate of drug-likeness (QED) is 0.575. The maximum absolute atomic E-state index is 13.4. The van der Waals surface area contributed by atoms with Gasteiger partial charge in [0, 0.05) is 5.54 Å². The molecular weight excluding hydrogens is 436 g/mol. The van der Waals surface area contributed by atoms with Crippen LogP contribution in [0.4, 0.5) is 5.69 Å². The van der Waals surface area contributed by atoms with E-state index in [-0.39, 0.29) is 18.2 Å². The van der Waals surface area contributed by atoms with Crippen LogP contribution >= 0.6 is 0 Å². The van der Waals surface area contributed by atoms with Crippen LogP contribution in [-0.4, -0.2) is 32.5 Å². The third kappa shape index (κ3) is 5.54. The van der Waals surface area contributed by atoms with Crippen LogP contribution in [0.1, 0.15) is 25.0 Å². The summed E-state index contributed by atoms with van der Waals surface area (Å²) in [6.07, 6.45) is -0.320. The summed E-state index contributed by atoms with van der Waals surface area (Å²) < 4.78 is 33.9. The Morgan fingerprint density at radius 1 is 0.939 bits per heavy atom. The minimum atomic E-state index is -3.74. The molecule has 1 amide bonds. The van der Waals surface area contributed by atoms with Gasteiger partial charge in [-0.3, -0.25) is 9.10 Å². The molecule has 3 aromatic carbocycles. The van der Waals surface area contributed by atoms with E-state index in [0.29, 0.717) is 23.4 Å². The third-order valence-electron chi connectivity index (χ3n) is 5.51. The maximum atomic E-state index is 13.4. The fourth-order valence-corrected chi connectivity index (χ4v) is 5.61. The summed E-state index contributed by atoms with van der Waals surface area (Å²) in [5.74, 6) is -0.123. The van der Waals surface area contributed by atoms with Gasteiger partial charge in [0.2, 0.25) is 10.0 Å². The number of sulfonamides is 1. The lowest BCUT2D eigenvalue weighted by molar-refractivity contribution is -0.129. The van der Waals surface area contributed by atoms with Crippen molar-refractivity contribution < 1.29 is 17.9 Å². The van der Waals surface area contributed by atoms with E-state index in [1.165, 1.54) is 4.31 Å². The van der Waals surface area contributed by atoms with Crippen LogP contribution in [0.2, 0.25) is 0 Å². The molecule has 4 rings (SSSR count). The monoisotopic (exact) mass is 464 g/mol. The van der Waals surface area contributed by atoms with Crippen molar-refractivity contribution in [2.45, 2.75) is 37.7 Å². The minimum Gasteiger partial charge on any atom is -0.476 e. The SMILES string of the molecule is CC(C)(Cc1ccccc1)NC(=O)[C@H]1CN(S(=O)(=O)Cc2ccccc2)c2ccccc2O1. The zero-order chi connectivity index (χ0) is 23.5. The van der Waals surface area contributed by atoms with E-state index >= 15 is 0 Å². The summed E-state index contributed by atoms with van der Waals surface area (Å²) >= 11 is 0. The Bertz CT molecular complexity index is 1210. The van der Waals surface area contributed by atoms with Crippen LogP contribution in [0, 0.1) is 0 Å². The number of nitrogens with one attached hydrogen (secondary N) is 1. The van der Waals surface area contributed by atoms with Gasteiger partial charge in [-0.1, -0.05) is 72.8 Å². The Labute approximate surface area is 195 Å². The second kappa shape index (κ2) is 9.27. The average molecular weight is 465 g/mol. The summed E-state index contributed by atoms with van der Waals surface area (Å²) in [6, 6.07) is 25.8. The van der Waals surface area contributed by atoms with E-state index in [1.807, 2.05) is 62.4 Å². The molecule has 1 aliphatic heterocycles. The minimum absolute atomic E-state index is 0.0839. The standard InChI is InChI=1S/C26H28N2O4S/c1-26(2,17-20-11-5-3-6-12-20)27-25(29)24-18-28(22-15-9-10-16-23(22)32-24)33(30,31)19-21-13-7-4-8-14-21/h3-16,24H,17-19H2,1-2H3,(H,27,29)/t24-/m1/s1. The van der Waals surface area contributed by atoms with Crippen LogP contribution in [0.5, 0.6) is 5.75 Å². The predicted octanol–water partition coefficient (Wildman–Crippen LogP) is 3.92. The van der Waals surface area contributed by atoms with Gasteiger partial charge in [-0.25, -0.2) is 8.42 Å². The molecule has 0 fully saturated rings. The topological polar surface area (TPSA) is 75.7 Å². The van der Waals surface area contributed by atoms with Gasteiger partial charge in [-0.2, -0.15) is 0 Å². The number of rotatable bonds is 7. The number of hydrogen-bond acceptors (Lipinski definition) is 4. The van der Waals surface area contributed by atoms with Crippen molar-refractivity contribution in [1.82, 2.24) is 5.32 Å². The molecule has 3 aromatic rings. The van der Waals surface area contributed by atoms with Gasteiger partial charge in [-0.05, 0) is 43.5 Å². The van der Waals surface area contributed by atoms with Gasteiger partial charge in [0.25, 0.3) is 5.91 Å². The molecule has 1 heterocycles. The molecular formula is C26H28N2O4S. The maximum Gasteiger partial charge on any atom is 0.263 e. The molecule has 0 aromatic heterocycles. The Morgan fingerprint density at radius 3 is 2.18 bits per heavy atom. The van der Waals surface area contributed by atoms with Crippen molar-refractivity contribution in [3.8, 4) is 5.75 Å². The van der Waals surface area contributed by atoms with Crippen molar-refractivity contribution in [3.63, 3.8) is 0 Å². The number of para-hydroxylation sites is 2. The first-order chi connectivity index (χ1) is 15.7. The van der Waals surface area contributed by atoms with Crippen molar-refractivity contribution in [3.05, 3.63) is 96.1 Å². The molecule has 7 heteroatoms. The van der Waals surface area contributed by atoms with E-state index in [9.17, 15) is 13.2 Å². The van der Waals surface area contributed by atoms with Gasteiger partial charge in [0.05, 0.1) is 18.0 Å². The molecule has 1 N–H and O–H groups in total. The lowest BCUT2D eigenvalue weighted by Gasteiger charge is -2.36. The highest BCUT2D eigenvalue weighted by molar-refractivity contribution is 7.92. The Balaban J connectivity index is 1.55. The van der Waals surface area contributed by atoms with E-state index in [1.54, 1.807) is 36.4 Å². The van der Waals surface area contributed by atoms with Crippen molar-refractivity contribution in [1.29, 1.82) is 0 Å². The molecule has 172 valence electrons. The van der Waals surface area contributed by atoms with Crippen molar-refractivity contribution in [2.75, 3.05) is 10.8 Å². The Kier molecular flexibility index (Phi) is 6.42. The second-order valence-corrected chi connectivity index (χ2v) is 10.8. The molecule has 0 unspecified atom stereocenters. The number of carbonyl (C=O) groups is 1. The number of ether oxygens (including phenoxy) is 1. The number of anilines is 1. The van der Waals surface area contributed by atoms with E-state index in [2.05, 4.69) is 5.32 Å². The summed E-state index contributed by atoms with van der Waals surface area (Å²) in [4.78, 5) is 13.2. The van der Waals surface area contributed by atoms with E-state index < -0.39 is 21.7 Å². The number of benzene rings is 3. The average Bonchev–Trinajstić information content (AvgIpc) is 2.78. The predicted molar refractivity (Wildman–Crippen MR) is 130 cm³/mol. The lowest BCUT2D eigenvalue weighted by atomic mass is 9.94. The lowest BCUT2D eigenvalue weighted by Crippen LogP contribution is -2.55. The highest BCUT2D eigenvalue weighted by Gasteiger charge is 2.38. The molecule has 0 spiro atoms. The number of nitrogens with zero attached hydrogens (tertiary/aromatic N) is 1. The van der Waals surface area contributed by atoms with Crippen LogP contribution < -0.4 is 14.4 Å². The van der Waals surface area contributed by atoms with Crippen molar-refractivity contribution in [2.24, 2.45) is 0 Å². The van der Waals surface area contributed by atoms with Gasteiger partial charge in [-0.15, -0.1) is 0 Å². The zero-order valence-electron chi connectivity index (χ0n) is 18.8. The van der Waals surface area contributed by atoms with Gasteiger partial charge in [0.1, 0.15) is 5.75 Å². The summed E-state index contributed by atoms with van der Waals surface area (Å²) in [5.41, 5.74) is 1.70. The van der Waals surface area contributed by atoms with E-state index in [0.717, 1.165) is 5.56 Å². The summed E-state index contributed by atoms with van der Waals surface area (Å²) in [6.45, 7) is 3.80. The molecule has 0 aliphatic carbocycles. The van der Waals surface area contributed by atoms with Crippen LogP contribution in [0.15, 0.2) is 84.9 Å². The Hall–Kier alpha value is -3.32. The zero-order valence-corrected chi connectivity index (χ0v) is 19.6. The second-order valence-electron chi connectivity index (χ2n) is 8.88. The fraction of sp³-hybridized carbons (Fsp3) is 0.269. The molecule has 0 bridgehead atoms. The number of amides is 1. The summed E-state index contributed by atoms with van der Waals surface area (Å²) in [5, 5.41) is 3.04. The third-order valence-corrected chi connectivity index (χ3v) is 7.22. The first kappa shape index (κ1) is 22.9. The Morgan fingerprint density at radius 2 is 1.52 bits per heavy atom. The molecule has 0 radical (unpaired) electrons. The molecule has 0 saturated carbocycles. The number of fused-ring (bicyclic) bond motifs is 1.